The van der Waals surface area contributed by atoms with Crippen LogP contribution in [0.5, 0.6) is 0 Å². The van der Waals surface area contributed by atoms with E-state index in [1.807, 2.05) is 0 Å². The van der Waals surface area contributed by atoms with E-state index in [1.165, 1.54) is 113 Å². The lowest BCUT2D eigenvalue weighted by Crippen LogP contribution is -1.90. The normalized spacial score (nSPS) is 11.3. The summed E-state index contributed by atoms with van der Waals surface area (Å²) in [5.41, 5.74) is 2.94. The monoisotopic (exact) mass is 366 g/mol. The SMILES string of the molecule is CCCCCCCCCCCCCCCCc1cc(C)cc2ccccc12. The molecule has 150 valence electrons. The average Bonchev–Trinajstić information content (AvgIpc) is 2.68. The van der Waals surface area contributed by atoms with E-state index in [1.54, 1.807) is 5.56 Å². The van der Waals surface area contributed by atoms with Gasteiger partial charge in [-0.05, 0) is 36.1 Å². The molecule has 0 fully saturated rings. The minimum absolute atomic E-state index is 1.24. The molecular weight excluding hydrogens is 324 g/mol. The Hall–Kier alpha value is -1.30. The predicted octanol–water partition coefficient (Wildman–Crippen LogP) is 9.17. The molecule has 0 nitrogen and oxygen atoms in total. The van der Waals surface area contributed by atoms with Gasteiger partial charge in [0.1, 0.15) is 0 Å². The van der Waals surface area contributed by atoms with E-state index in [2.05, 4.69) is 50.2 Å². The zero-order valence-corrected chi connectivity index (χ0v) is 18.1. The first-order chi connectivity index (χ1) is 13.3. The third kappa shape index (κ3) is 8.96. The van der Waals surface area contributed by atoms with Gasteiger partial charge in [0.05, 0.1) is 0 Å². The lowest BCUT2D eigenvalue weighted by molar-refractivity contribution is 0.535. The molecule has 0 aliphatic carbocycles. The molecule has 2 rings (SSSR count). The van der Waals surface area contributed by atoms with Gasteiger partial charge < -0.3 is 0 Å². The fourth-order valence-electron chi connectivity index (χ4n) is 4.27. The van der Waals surface area contributed by atoms with Gasteiger partial charge in [0, 0.05) is 0 Å². The van der Waals surface area contributed by atoms with Crippen molar-refractivity contribution in [1.82, 2.24) is 0 Å². The summed E-state index contributed by atoms with van der Waals surface area (Å²) < 4.78 is 0. The van der Waals surface area contributed by atoms with Crippen LogP contribution in [0.3, 0.4) is 0 Å². The highest BCUT2D eigenvalue weighted by molar-refractivity contribution is 5.86. The molecule has 0 heteroatoms. The fourth-order valence-corrected chi connectivity index (χ4v) is 4.27. The molecule has 0 N–H and O–H groups in total. The molecule has 2 aromatic carbocycles. The van der Waals surface area contributed by atoms with Crippen molar-refractivity contribution in [2.24, 2.45) is 0 Å². The van der Waals surface area contributed by atoms with Crippen LogP contribution in [0.2, 0.25) is 0 Å². The van der Waals surface area contributed by atoms with Crippen LogP contribution in [-0.2, 0) is 6.42 Å². The van der Waals surface area contributed by atoms with Gasteiger partial charge in [-0.2, -0.15) is 0 Å². The van der Waals surface area contributed by atoms with E-state index in [0.29, 0.717) is 0 Å². The van der Waals surface area contributed by atoms with Gasteiger partial charge in [-0.1, -0.05) is 132 Å². The average molecular weight is 367 g/mol. The summed E-state index contributed by atoms with van der Waals surface area (Å²) in [4.78, 5) is 0. The quantitative estimate of drug-likeness (QED) is 0.275. The molecule has 0 unspecified atom stereocenters. The number of unbranched alkanes of at least 4 members (excludes halogenated alkanes) is 13. The number of benzene rings is 2. The van der Waals surface area contributed by atoms with Crippen LogP contribution in [0.1, 0.15) is 108 Å². The summed E-state index contributed by atoms with van der Waals surface area (Å²) in [5.74, 6) is 0. The highest BCUT2D eigenvalue weighted by atomic mass is 14.1. The zero-order chi connectivity index (χ0) is 19.2. The van der Waals surface area contributed by atoms with Crippen molar-refractivity contribution in [3.05, 3.63) is 47.5 Å². The standard InChI is InChI=1S/C27H42/c1-3-4-5-6-7-8-9-10-11-12-13-14-15-16-19-25-22-24(2)23-26-20-17-18-21-27(25)26/h17-18,20-23H,3-16,19H2,1-2H3. The van der Waals surface area contributed by atoms with Crippen molar-refractivity contribution in [2.75, 3.05) is 0 Å². The number of hydrogen-bond acceptors (Lipinski definition) is 0. The third-order valence-corrected chi connectivity index (χ3v) is 5.89. The smallest absolute Gasteiger partial charge is 0.0152 e. The van der Waals surface area contributed by atoms with Gasteiger partial charge in [-0.3, -0.25) is 0 Å². The van der Waals surface area contributed by atoms with E-state index >= 15 is 0 Å². The molecule has 0 bridgehead atoms. The Morgan fingerprint density at radius 3 is 1.70 bits per heavy atom. The molecule has 27 heavy (non-hydrogen) atoms. The molecule has 0 aliphatic rings. The van der Waals surface area contributed by atoms with Gasteiger partial charge in [-0.15, -0.1) is 0 Å². The Morgan fingerprint density at radius 2 is 1.11 bits per heavy atom. The Balaban J connectivity index is 1.48. The largest absolute Gasteiger partial charge is 0.0654 e. The Bertz CT molecular complexity index is 625. The van der Waals surface area contributed by atoms with Crippen LogP contribution in [0.15, 0.2) is 36.4 Å². The van der Waals surface area contributed by atoms with Crippen molar-refractivity contribution < 1.29 is 0 Å². The summed E-state index contributed by atoms with van der Waals surface area (Å²) in [6, 6.07) is 13.6. The van der Waals surface area contributed by atoms with Gasteiger partial charge in [-0.25, -0.2) is 0 Å². The topological polar surface area (TPSA) is 0 Å². The summed E-state index contributed by atoms with van der Waals surface area (Å²) >= 11 is 0. The lowest BCUT2D eigenvalue weighted by atomic mass is 9.97. The van der Waals surface area contributed by atoms with Crippen molar-refractivity contribution in [3.63, 3.8) is 0 Å². The van der Waals surface area contributed by atoms with Crippen molar-refractivity contribution >= 4 is 10.8 Å². The minimum atomic E-state index is 1.24. The molecule has 0 heterocycles. The highest BCUT2D eigenvalue weighted by Crippen LogP contribution is 2.23. The molecule has 0 amide bonds. The predicted molar refractivity (Wildman–Crippen MR) is 123 cm³/mol. The van der Waals surface area contributed by atoms with Gasteiger partial charge in [0.2, 0.25) is 0 Å². The molecule has 0 spiro atoms. The molecule has 2 aromatic rings. The first kappa shape index (κ1) is 22.0. The summed E-state index contributed by atoms with van der Waals surface area (Å²) in [6.45, 7) is 4.52. The number of hydrogen-bond donors (Lipinski definition) is 0. The van der Waals surface area contributed by atoms with Crippen LogP contribution in [0.25, 0.3) is 10.8 Å². The molecular formula is C27H42. The molecule has 0 aromatic heterocycles. The van der Waals surface area contributed by atoms with Gasteiger partial charge in [0.25, 0.3) is 0 Å². The van der Waals surface area contributed by atoms with E-state index < -0.39 is 0 Å². The van der Waals surface area contributed by atoms with E-state index in [-0.39, 0.29) is 0 Å². The molecule has 0 saturated carbocycles. The van der Waals surface area contributed by atoms with E-state index in [9.17, 15) is 0 Å². The van der Waals surface area contributed by atoms with Gasteiger partial charge in [0.15, 0.2) is 0 Å². The molecule has 0 radical (unpaired) electrons. The first-order valence-electron chi connectivity index (χ1n) is 11.8. The molecule has 0 atom stereocenters. The zero-order valence-electron chi connectivity index (χ0n) is 18.1. The van der Waals surface area contributed by atoms with Crippen molar-refractivity contribution in [2.45, 2.75) is 110 Å². The Kier molecular flexibility index (Phi) is 11.2. The number of fused-ring (bicyclic) bond motifs is 1. The third-order valence-electron chi connectivity index (χ3n) is 5.89. The first-order valence-corrected chi connectivity index (χ1v) is 11.8. The maximum atomic E-state index is 2.39. The maximum absolute atomic E-state index is 2.39. The van der Waals surface area contributed by atoms with Crippen molar-refractivity contribution in [1.29, 1.82) is 0 Å². The molecule has 0 saturated heterocycles. The molecule has 0 aliphatic heterocycles. The van der Waals surface area contributed by atoms with Crippen LogP contribution < -0.4 is 0 Å². The van der Waals surface area contributed by atoms with Crippen LogP contribution >= 0.6 is 0 Å². The highest BCUT2D eigenvalue weighted by Gasteiger charge is 2.02. The second-order valence-electron chi connectivity index (χ2n) is 8.49. The summed E-state index contributed by atoms with van der Waals surface area (Å²) in [6.07, 6.45) is 21.3. The van der Waals surface area contributed by atoms with Crippen LogP contribution in [0.4, 0.5) is 0 Å². The second kappa shape index (κ2) is 13.8. The van der Waals surface area contributed by atoms with E-state index in [0.717, 1.165) is 0 Å². The Labute approximate surface area is 168 Å². The number of aryl methyl sites for hydroxylation is 2. The van der Waals surface area contributed by atoms with Crippen LogP contribution in [0, 0.1) is 6.92 Å². The summed E-state index contributed by atoms with van der Waals surface area (Å²) in [5, 5.41) is 2.86. The minimum Gasteiger partial charge on any atom is -0.0654 e. The maximum Gasteiger partial charge on any atom is -0.0152 e. The van der Waals surface area contributed by atoms with Crippen LogP contribution in [-0.4, -0.2) is 0 Å². The van der Waals surface area contributed by atoms with E-state index in [4.69, 9.17) is 0 Å². The summed E-state index contributed by atoms with van der Waals surface area (Å²) in [7, 11) is 0. The lowest BCUT2D eigenvalue weighted by Gasteiger charge is -2.08. The van der Waals surface area contributed by atoms with Gasteiger partial charge >= 0.3 is 0 Å². The van der Waals surface area contributed by atoms with Crippen molar-refractivity contribution in [3.8, 4) is 0 Å². The fraction of sp³-hybridized carbons (Fsp3) is 0.630. The number of rotatable bonds is 15. The Morgan fingerprint density at radius 1 is 0.593 bits per heavy atom. The second-order valence-corrected chi connectivity index (χ2v) is 8.49.